The summed E-state index contributed by atoms with van der Waals surface area (Å²) in [7, 11) is -3.92. The van der Waals surface area contributed by atoms with E-state index in [1.54, 1.807) is 12.1 Å². The van der Waals surface area contributed by atoms with Crippen LogP contribution in [-0.4, -0.2) is 60.9 Å². The van der Waals surface area contributed by atoms with E-state index < -0.39 is 32.9 Å². The first-order valence-corrected chi connectivity index (χ1v) is 14.3. The average molecular weight is 586 g/mol. The van der Waals surface area contributed by atoms with Crippen LogP contribution in [0.2, 0.25) is 10.0 Å². The number of thioether (sulfide) groups is 1. The zero-order valence-electron chi connectivity index (χ0n) is 19.3. The summed E-state index contributed by atoms with van der Waals surface area (Å²) in [4.78, 5) is 38.5. The van der Waals surface area contributed by atoms with E-state index in [0.717, 1.165) is 4.90 Å². The molecule has 2 aliphatic heterocycles. The summed E-state index contributed by atoms with van der Waals surface area (Å²) in [6.07, 6.45) is 1.91. The number of hydrogen-bond donors (Lipinski definition) is 1. The molecule has 0 aromatic heterocycles. The predicted octanol–water partition coefficient (Wildman–Crippen LogP) is 4.39. The summed E-state index contributed by atoms with van der Waals surface area (Å²) in [6.45, 7) is 0.235. The average Bonchev–Trinajstić information content (AvgIpc) is 3.12. The zero-order valence-corrected chi connectivity index (χ0v) is 22.5. The van der Waals surface area contributed by atoms with Crippen molar-refractivity contribution in [2.75, 3.05) is 26.2 Å². The van der Waals surface area contributed by atoms with Crippen LogP contribution in [-0.2, 0) is 19.6 Å². The van der Waals surface area contributed by atoms with Crippen molar-refractivity contribution in [2.45, 2.75) is 17.7 Å². The van der Waals surface area contributed by atoms with Crippen molar-refractivity contribution in [2.24, 2.45) is 5.92 Å². The summed E-state index contributed by atoms with van der Waals surface area (Å²) < 4.78 is 41.2. The molecule has 3 amide bonds. The second-order valence-electron chi connectivity index (χ2n) is 8.38. The molecule has 37 heavy (non-hydrogen) atoms. The minimum Gasteiger partial charge on any atom is -0.354 e. The highest BCUT2D eigenvalue weighted by Gasteiger charge is 2.36. The normalized spacial score (nSPS) is 18.6. The monoisotopic (exact) mass is 585 g/mol. The Kier molecular flexibility index (Phi) is 8.59. The molecular weight excluding hydrogens is 564 g/mol. The van der Waals surface area contributed by atoms with Crippen molar-refractivity contribution in [1.29, 1.82) is 0 Å². The minimum absolute atomic E-state index is 0.0310. The highest BCUT2D eigenvalue weighted by molar-refractivity contribution is 8.18. The van der Waals surface area contributed by atoms with Crippen molar-refractivity contribution < 1.29 is 27.2 Å². The Balaban J connectivity index is 1.29. The van der Waals surface area contributed by atoms with Crippen molar-refractivity contribution >= 4 is 68.1 Å². The number of sulfonamides is 1. The van der Waals surface area contributed by atoms with E-state index in [9.17, 15) is 27.2 Å². The lowest BCUT2D eigenvalue weighted by Gasteiger charge is -2.31. The number of halogens is 3. The van der Waals surface area contributed by atoms with Gasteiger partial charge in [0.05, 0.1) is 15.0 Å². The number of rotatable bonds is 7. The number of carbonyl (C=O) groups is 3. The first-order valence-electron chi connectivity index (χ1n) is 11.3. The van der Waals surface area contributed by atoms with Crippen LogP contribution in [0, 0.1) is 11.7 Å². The van der Waals surface area contributed by atoms with Crippen LogP contribution in [0.25, 0.3) is 6.08 Å². The van der Waals surface area contributed by atoms with Crippen molar-refractivity contribution in [1.82, 2.24) is 14.5 Å². The molecular formula is C24H22Cl2FN3O5S2. The van der Waals surface area contributed by atoms with Crippen molar-refractivity contribution in [3.8, 4) is 0 Å². The van der Waals surface area contributed by atoms with Gasteiger partial charge < -0.3 is 5.32 Å². The Morgan fingerprint density at radius 2 is 1.73 bits per heavy atom. The Bertz CT molecular complexity index is 1360. The topological polar surface area (TPSA) is 104 Å². The SMILES string of the molecule is O=C(NCCN1C(=O)SC(=Cc2ccccc2F)C1=O)C1CCN(S(=O)(=O)c2c(Cl)cccc2Cl)CC1. The number of nitrogens with one attached hydrogen (secondary N) is 1. The summed E-state index contributed by atoms with van der Waals surface area (Å²) in [6, 6.07) is 10.4. The van der Waals surface area contributed by atoms with Gasteiger partial charge in [0, 0.05) is 37.7 Å². The Hall–Kier alpha value is -2.44. The minimum atomic E-state index is -3.92. The van der Waals surface area contributed by atoms with E-state index in [0.29, 0.717) is 24.6 Å². The van der Waals surface area contributed by atoms with E-state index in [1.165, 1.54) is 40.7 Å². The van der Waals surface area contributed by atoms with Crippen LogP contribution in [0.1, 0.15) is 18.4 Å². The molecule has 2 fully saturated rings. The summed E-state index contributed by atoms with van der Waals surface area (Å²) in [5.41, 5.74) is 0.200. The maximum Gasteiger partial charge on any atom is 0.293 e. The van der Waals surface area contributed by atoms with Gasteiger partial charge in [-0.3, -0.25) is 19.3 Å². The van der Waals surface area contributed by atoms with Gasteiger partial charge in [-0.2, -0.15) is 4.31 Å². The summed E-state index contributed by atoms with van der Waals surface area (Å²) >= 11 is 12.9. The molecule has 2 aromatic carbocycles. The summed E-state index contributed by atoms with van der Waals surface area (Å²) in [5.74, 6) is -1.77. The van der Waals surface area contributed by atoms with Crippen LogP contribution in [0.5, 0.6) is 0 Å². The number of carbonyl (C=O) groups excluding carboxylic acids is 3. The van der Waals surface area contributed by atoms with Crippen LogP contribution >= 0.6 is 35.0 Å². The first-order chi connectivity index (χ1) is 17.6. The molecule has 2 heterocycles. The molecule has 0 bridgehead atoms. The maximum absolute atomic E-state index is 13.9. The van der Waals surface area contributed by atoms with Gasteiger partial charge in [-0.15, -0.1) is 0 Å². The van der Waals surface area contributed by atoms with E-state index in [2.05, 4.69) is 5.32 Å². The zero-order chi connectivity index (χ0) is 26.7. The van der Waals surface area contributed by atoms with E-state index in [4.69, 9.17) is 23.2 Å². The van der Waals surface area contributed by atoms with Crippen LogP contribution in [0.4, 0.5) is 9.18 Å². The van der Waals surface area contributed by atoms with Gasteiger partial charge in [0.25, 0.3) is 11.1 Å². The fraction of sp³-hybridized carbons (Fsp3) is 0.292. The maximum atomic E-state index is 13.9. The second-order valence-corrected chi connectivity index (χ2v) is 12.1. The van der Waals surface area contributed by atoms with E-state index >= 15 is 0 Å². The van der Waals surface area contributed by atoms with Gasteiger partial charge >= 0.3 is 0 Å². The number of hydrogen-bond acceptors (Lipinski definition) is 6. The van der Waals surface area contributed by atoms with Crippen molar-refractivity contribution in [3.05, 3.63) is 68.8 Å². The molecule has 0 spiro atoms. The molecule has 0 unspecified atom stereocenters. The highest BCUT2D eigenvalue weighted by atomic mass is 35.5. The van der Waals surface area contributed by atoms with Crippen LogP contribution in [0.15, 0.2) is 52.3 Å². The van der Waals surface area contributed by atoms with Gasteiger partial charge in [0.1, 0.15) is 10.7 Å². The number of piperidine rings is 1. The van der Waals surface area contributed by atoms with Crippen molar-refractivity contribution in [3.63, 3.8) is 0 Å². The van der Waals surface area contributed by atoms with Gasteiger partial charge in [-0.25, -0.2) is 12.8 Å². The lowest BCUT2D eigenvalue weighted by atomic mass is 9.97. The Labute approximate surface area is 227 Å². The quantitative estimate of drug-likeness (QED) is 0.483. The Morgan fingerprint density at radius 1 is 1.08 bits per heavy atom. The fourth-order valence-corrected chi connectivity index (χ4v) is 7.49. The predicted molar refractivity (Wildman–Crippen MR) is 140 cm³/mol. The summed E-state index contributed by atoms with van der Waals surface area (Å²) in [5, 5.41) is 2.27. The standard InChI is InChI=1S/C24H22Cl2FN3O5S2/c25-17-5-3-6-18(26)21(17)37(34,35)29-11-8-15(9-12-29)22(31)28-10-13-30-23(32)20(36-24(30)33)14-16-4-1-2-7-19(16)27/h1-7,14-15H,8-13H2,(H,28,31). The van der Waals surface area contributed by atoms with Crippen LogP contribution in [0.3, 0.4) is 0 Å². The molecule has 8 nitrogen and oxygen atoms in total. The van der Waals surface area contributed by atoms with Crippen LogP contribution < -0.4 is 5.32 Å². The molecule has 0 atom stereocenters. The number of nitrogens with zero attached hydrogens (tertiary/aromatic N) is 2. The Morgan fingerprint density at radius 3 is 2.38 bits per heavy atom. The molecule has 2 saturated heterocycles. The molecule has 2 aromatic rings. The lowest BCUT2D eigenvalue weighted by molar-refractivity contribution is -0.127. The molecule has 0 saturated carbocycles. The fourth-order valence-electron chi connectivity index (χ4n) is 4.08. The molecule has 0 radical (unpaired) electrons. The van der Waals surface area contributed by atoms with Gasteiger partial charge in [0.15, 0.2) is 0 Å². The number of amides is 3. The van der Waals surface area contributed by atoms with E-state index in [-0.39, 0.29) is 57.5 Å². The third kappa shape index (κ3) is 6.01. The smallest absolute Gasteiger partial charge is 0.293 e. The molecule has 2 aliphatic rings. The van der Waals surface area contributed by atoms with E-state index in [1.807, 2.05) is 0 Å². The molecule has 4 rings (SSSR count). The second kappa shape index (κ2) is 11.5. The molecule has 1 N–H and O–H groups in total. The molecule has 0 aliphatic carbocycles. The highest BCUT2D eigenvalue weighted by Crippen LogP contribution is 2.34. The number of imide groups is 1. The third-order valence-corrected chi connectivity index (χ3v) is 9.80. The molecule has 13 heteroatoms. The molecule has 196 valence electrons. The van der Waals surface area contributed by atoms with Gasteiger partial charge in [-0.05, 0) is 48.9 Å². The van der Waals surface area contributed by atoms with Gasteiger partial charge in [-0.1, -0.05) is 47.5 Å². The third-order valence-electron chi connectivity index (χ3n) is 6.04. The lowest BCUT2D eigenvalue weighted by Crippen LogP contribution is -2.44. The largest absolute Gasteiger partial charge is 0.354 e. The first kappa shape index (κ1) is 27.6. The number of benzene rings is 2. The van der Waals surface area contributed by atoms with Gasteiger partial charge in [0.2, 0.25) is 15.9 Å².